The van der Waals surface area contributed by atoms with Crippen LogP contribution in [0.15, 0.2) is 66.7 Å². The molecule has 1 saturated heterocycles. The molecule has 1 fully saturated rings. The minimum atomic E-state index is 0.214. The van der Waals surface area contributed by atoms with Crippen LogP contribution in [-0.2, 0) is 4.79 Å². The fraction of sp³-hybridized carbons (Fsp3) is 0.318. The standard InChI is InChI=1S/C16H18ClNO.C6H5Cl/c17-13-10-8-12(9-11-13)15-6-3-7-16(19)18(15)14-4-1-2-5-14;7-6-4-2-1-3-5-6/h1,4,8-11,14-15H,2-3,5-7H2;1-5H. The zero-order chi connectivity index (χ0) is 18.4. The maximum absolute atomic E-state index is 12.3. The molecule has 0 aromatic heterocycles. The lowest BCUT2D eigenvalue weighted by Gasteiger charge is -2.39. The Hall–Kier alpha value is -1.77. The van der Waals surface area contributed by atoms with Crippen LogP contribution in [0, 0.1) is 0 Å². The second kappa shape index (κ2) is 9.25. The number of amides is 1. The molecule has 1 aliphatic carbocycles. The van der Waals surface area contributed by atoms with Gasteiger partial charge in [-0.2, -0.15) is 0 Å². The highest BCUT2D eigenvalue weighted by Gasteiger charge is 2.34. The summed E-state index contributed by atoms with van der Waals surface area (Å²) in [6.07, 6.45) is 9.25. The molecule has 2 aliphatic rings. The van der Waals surface area contributed by atoms with Gasteiger partial charge in [0.25, 0.3) is 0 Å². The summed E-state index contributed by atoms with van der Waals surface area (Å²) in [6, 6.07) is 17.9. The predicted octanol–water partition coefficient (Wildman–Crippen LogP) is 6.45. The number of allylic oxidation sites excluding steroid dienone is 1. The second-order valence-electron chi connectivity index (χ2n) is 6.63. The lowest BCUT2D eigenvalue weighted by molar-refractivity contribution is -0.138. The number of hydrogen-bond acceptors (Lipinski definition) is 1. The molecule has 1 heterocycles. The molecule has 0 N–H and O–H groups in total. The zero-order valence-electron chi connectivity index (χ0n) is 14.7. The topological polar surface area (TPSA) is 20.3 Å². The van der Waals surface area contributed by atoms with Crippen LogP contribution < -0.4 is 0 Å². The van der Waals surface area contributed by atoms with Crippen molar-refractivity contribution >= 4 is 29.1 Å². The van der Waals surface area contributed by atoms with Gasteiger partial charge in [-0.1, -0.05) is 65.7 Å². The molecule has 2 nitrogen and oxygen atoms in total. The summed E-state index contributed by atoms with van der Waals surface area (Å²) in [4.78, 5) is 14.4. The number of nitrogens with zero attached hydrogens (tertiary/aromatic N) is 1. The summed E-state index contributed by atoms with van der Waals surface area (Å²) in [5, 5.41) is 1.54. The van der Waals surface area contributed by atoms with Gasteiger partial charge in [0.15, 0.2) is 0 Å². The number of piperidine rings is 1. The Balaban J connectivity index is 0.000000236. The third kappa shape index (κ3) is 4.90. The molecule has 4 rings (SSSR count). The average Bonchev–Trinajstić information content (AvgIpc) is 3.17. The maximum atomic E-state index is 12.3. The Bertz CT molecular complexity index is 742. The predicted molar refractivity (Wildman–Crippen MR) is 109 cm³/mol. The number of halogens is 2. The summed E-state index contributed by atoms with van der Waals surface area (Å²) in [5.74, 6) is 0.294. The molecule has 2 aromatic rings. The van der Waals surface area contributed by atoms with Crippen molar-refractivity contribution in [2.75, 3.05) is 0 Å². The van der Waals surface area contributed by atoms with Crippen molar-refractivity contribution < 1.29 is 4.79 Å². The highest BCUT2D eigenvalue weighted by atomic mass is 35.5. The highest BCUT2D eigenvalue weighted by molar-refractivity contribution is 6.30. The Morgan fingerprint density at radius 3 is 2.15 bits per heavy atom. The van der Waals surface area contributed by atoms with E-state index in [1.165, 1.54) is 5.56 Å². The first-order chi connectivity index (χ1) is 12.6. The SMILES string of the molecule is Clc1ccccc1.O=C1CCCC(c2ccc(Cl)cc2)N1C1C=CCC1. The van der Waals surface area contributed by atoms with E-state index in [1.54, 1.807) is 0 Å². The van der Waals surface area contributed by atoms with Crippen molar-refractivity contribution in [2.24, 2.45) is 0 Å². The minimum absolute atomic E-state index is 0.214. The Kier molecular flexibility index (Phi) is 6.76. The molecule has 0 bridgehead atoms. The monoisotopic (exact) mass is 387 g/mol. The van der Waals surface area contributed by atoms with Gasteiger partial charge in [0, 0.05) is 16.5 Å². The second-order valence-corrected chi connectivity index (χ2v) is 7.50. The van der Waals surface area contributed by atoms with E-state index >= 15 is 0 Å². The smallest absolute Gasteiger partial charge is 0.223 e. The van der Waals surface area contributed by atoms with E-state index in [1.807, 2.05) is 42.5 Å². The van der Waals surface area contributed by atoms with Crippen molar-refractivity contribution in [2.45, 2.75) is 44.2 Å². The Morgan fingerprint density at radius 2 is 1.58 bits per heavy atom. The minimum Gasteiger partial charge on any atom is -0.329 e. The van der Waals surface area contributed by atoms with Crippen LogP contribution >= 0.6 is 23.2 Å². The maximum Gasteiger partial charge on any atom is 0.223 e. The zero-order valence-corrected chi connectivity index (χ0v) is 16.2. The van der Waals surface area contributed by atoms with Gasteiger partial charge in [0.2, 0.25) is 5.91 Å². The van der Waals surface area contributed by atoms with E-state index in [2.05, 4.69) is 29.2 Å². The molecule has 0 radical (unpaired) electrons. The fourth-order valence-electron chi connectivity index (χ4n) is 3.58. The van der Waals surface area contributed by atoms with Crippen LogP contribution in [0.3, 0.4) is 0 Å². The van der Waals surface area contributed by atoms with Crippen molar-refractivity contribution in [3.63, 3.8) is 0 Å². The number of carbonyl (C=O) groups is 1. The van der Waals surface area contributed by atoms with E-state index in [0.29, 0.717) is 12.3 Å². The van der Waals surface area contributed by atoms with Gasteiger partial charge in [-0.05, 0) is 55.5 Å². The molecule has 2 aromatic carbocycles. The number of likely N-dealkylation sites (tertiary alicyclic amines) is 1. The van der Waals surface area contributed by atoms with Gasteiger partial charge in [0.05, 0.1) is 12.1 Å². The Labute approximate surface area is 165 Å². The summed E-state index contributed by atoms with van der Waals surface area (Å²) in [6.45, 7) is 0. The molecule has 26 heavy (non-hydrogen) atoms. The molecule has 4 heteroatoms. The van der Waals surface area contributed by atoms with E-state index in [-0.39, 0.29) is 12.1 Å². The van der Waals surface area contributed by atoms with Crippen molar-refractivity contribution in [3.8, 4) is 0 Å². The molecule has 1 aliphatic heterocycles. The molecule has 1 amide bonds. The molecule has 0 spiro atoms. The molecule has 136 valence electrons. The third-order valence-electron chi connectivity index (χ3n) is 4.82. The van der Waals surface area contributed by atoms with Gasteiger partial charge in [-0.3, -0.25) is 4.79 Å². The first kappa shape index (κ1) is 19.0. The number of rotatable bonds is 2. The molecule has 2 unspecified atom stereocenters. The number of benzene rings is 2. The van der Waals surface area contributed by atoms with Gasteiger partial charge in [0.1, 0.15) is 0 Å². The Morgan fingerprint density at radius 1 is 0.885 bits per heavy atom. The highest BCUT2D eigenvalue weighted by Crippen LogP contribution is 2.36. The van der Waals surface area contributed by atoms with E-state index in [0.717, 1.165) is 35.7 Å². The first-order valence-corrected chi connectivity index (χ1v) is 9.84. The van der Waals surface area contributed by atoms with Crippen molar-refractivity contribution in [1.82, 2.24) is 4.90 Å². The largest absolute Gasteiger partial charge is 0.329 e. The van der Waals surface area contributed by atoms with E-state index in [4.69, 9.17) is 23.2 Å². The number of carbonyl (C=O) groups excluding carboxylic acids is 1. The summed E-state index contributed by atoms with van der Waals surface area (Å²) in [5.41, 5.74) is 1.21. The van der Waals surface area contributed by atoms with Gasteiger partial charge in [-0.15, -0.1) is 0 Å². The van der Waals surface area contributed by atoms with Crippen LogP contribution in [0.1, 0.15) is 43.7 Å². The summed E-state index contributed by atoms with van der Waals surface area (Å²) >= 11 is 11.5. The van der Waals surface area contributed by atoms with Gasteiger partial charge >= 0.3 is 0 Å². The van der Waals surface area contributed by atoms with E-state index < -0.39 is 0 Å². The fourth-order valence-corrected chi connectivity index (χ4v) is 3.85. The van der Waals surface area contributed by atoms with Crippen LogP contribution in [0.25, 0.3) is 0 Å². The summed E-state index contributed by atoms with van der Waals surface area (Å²) in [7, 11) is 0. The van der Waals surface area contributed by atoms with Crippen molar-refractivity contribution in [1.29, 1.82) is 0 Å². The van der Waals surface area contributed by atoms with Crippen LogP contribution in [0.5, 0.6) is 0 Å². The van der Waals surface area contributed by atoms with E-state index in [9.17, 15) is 4.79 Å². The van der Waals surface area contributed by atoms with Crippen LogP contribution in [0.4, 0.5) is 0 Å². The lowest BCUT2D eigenvalue weighted by Crippen LogP contribution is -2.43. The molecular formula is C22H23Cl2NO. The molecule has 2 atom stereocenters. The normalized spacial score (nSPS) is 22.1. The van der Waals surface area contributed by atoms with Gasteiger partial charge < -0.3 is 4.90 Å². The third-order valence-corrected chi connectivity index (χ3v) is 5.33. The quantitative estimate of drug-likeness (QED) is 0.541. The molecule has 0 saturated carbocycles. The first-order valence-electron chi connectivity index (χ1n) is 9.09. The average molecular weight is 388 g/mol. The number of hydrogen-bond donors (Lipinski definition) is 0. The lowest BCUT2D eigenvalue weighted by atomic mass is 9.93. The van der Waals surface area contributed by atoms with Crippen molar-refractivity contribution in [3.05, 3.63) is 82.4 Å². The van der Waals surface area contributed by atoms with Gasteiger partial charge in [-0.25, -0.2) is 0 Å². The van der Waals surface area contributed by atoms with Crippen LogP contribution in [-0.4, -0.2) is 16.8 Å². The molecular weight excluding hydrogens is 365 g/mol. The summed E-state index contributed by atoms with van der Waals surface area (Å²) < 4.78 is 0. The van der Waals surface area contributed by atoms with Crippen LogP contribution in [0.2, 0.25) is 10.0 Å².